The van der Waals surface area contributed by atoms with Gasteiger partial charge in [0.1, 0.15) is 0 Å². The summed E-state index contributed by atoms with van der Waals surface area (Å²) in [4.78, 5) is 66.1. The highest BCUT2D eigenvalue weighted by Crippen LogP contribution is 2.08. The second-order valence-electron chi connectivity index (χ2n) is 4.63. The van der Waals surface area contributed by atoms with Gasteiger partial charge in [-0.25, -0.2) is 14.4 Å². The lowest BCUT2D eigenvalue weighted by atomic mass is 10.2. The van der Waals surface area contributed by atoms with Crippen LogP contribution in [0.1, 0.15) is 26.7 Å². The van der Waals surface area contributed by atoms with Crippen molar-refractivity contribution in [3.63, 3.8) is 0 Å². The number of rotatable bonds is 10. The van der Waals surface area contributed by atoms with Gasteiger partial charge in [0.25, 0.3) is 0 Å². The topological polar surface area (TPSA) is 191 Å². The maximum Gasteiger partial charge on any atom is 0.345 e. The molecule has 0 aliphatic rings. The molecule has 3 N–H and O–H groups in total. The summed E-state index contributed by atoms with van der Waals surface area (Å²) in [6.45, 7) is 1.93. The molecule has 0 aliphatic heterocycles. The average molecular weight is 364 g/mol. The molecule has 0 aromatic heterocycles. The first-order valence-electron chi connectivity index (χ1n) is 6.68. The predicted octanol–water partition coefficient (Wildman–Crippen LogP) is -1.20. The van der Waals surface area contributed by atoms with Gasteiger partial charge in [0.05, 0.1) is 12.8 Å². The molecule has 0 bridgehead atoms. The van der Waals surface area contributed by atoms with Crippen LogP contribution in [0.3, 0.4) is 0 Å². The Hall–Kier alpha value is -3.18. The monoisotopic (exact) mass is 364 g/mol. The number of carbonyl (C=O) groups excluding carboxylic acids is 3. The Morgan fingerprint density at radius 2 is 1.12 bits per heavy atom. The number of aliphatic carboxylic acids is 3. The van der Waals surface area contributed by atoms with Crippen molar-refractivity contribution < 1.29 is 58.3 Å². The molecule has 0 heterocycles. The summed E-state index contributed by atoms with van der Waals surface area (Å²) in [5.74, 6) is -8.48. The van der Waals surface area contributed by atoms with E-state index in [1.165, 1.54) is 0 Å². The Morgan fingerprint density at radius 1 is 0.720 bits per heavy atom. The molecule has 0 saturated carbocycles. The number of hydrogen-bond donors (Lipinski definition) is 3. The largest absolute Gasteiger partial charge is 0.479 e. The molecule has 0 spiro atoms. The normalized spacial score (nSPS) is 13.7. The van der Waals surface area contributed by atoms with Crippen molar-refractivity contribution in [1.29, 1.82) is 0 Å². The van der Waals surface area contributed by atoms with Gasteiger partial charge in [0.15, 0.2) is 6.10 Å². The van der Waals surface area contributed by atoms with E-state index in [1.54, 1.807) is 0 Å². The van der Waals surface area contributed by atoms with Crippen LogP contribution in [0.5, 0.6) is 0 Å². The van der Waals surface area contributed by atoms with Gasteiger partial charge >= 0.3 is 35.8 Å². The molecule has 25 heavy (non-hydrogen) atoms. The number of carboxylic acid groups (broad SMARTS) is 3. The minimum absolute atomic E-state index is 0.904. The van der Waals surface area contributed by atoms with Crippen LogP contribution in [0.2, 0.25) is 0 Å². The second kappa shape index (κ2) is 9.85. The number of carbonyl (C=O) groups is 6. The van der Waals surface area contributed by atoms with Gasteiger partial charge in [-0.3, -0.25) is 14.4 Å². The summed E-state index contributed by atoms with van der Waals surface area (Å²) in [5, 5.41) is 26.2. The van der Waals surface area contributed by atoms with E-state index < -0.39 is 67.0 Å². The minimum Gasteiger partial charge on any atom is -0.479 e. The van der Waals surface area contributed by atoms with Gasteiger partial charge in [-0.05, 0) is 6.92 Å². The third-order valence-corrected chi connectivity index (χ3v) is 2.49. The Kier molecular flexibility index (Phi) is 8.59. The third-order valence-electron chi connectivity index (χ3n) is 2.49. The van der Waals surface area contributed by atoms with E-state index in [0.29, 0.717) is 0 Å². The molecule has 0 aliphatic carbocycles. The lowest BCUT2D eigenvalue weighted by Gasteiger charge is -2.16. The molecule has 0 aromatic rings. The van der Waals surface area contributed by atoms with Gasteiger partial charge in [-0.2, -0.15) is 0 Å². The second-order valence-corrected chi connectivity index (χ2v) is 4.63. The summed E-state index contributed by atoms with van der Waals surface area (Å²) < 4.78 is 13.2. The highest BCUT2D eigenvalue weighted by molar-refractivity contribution is 5.86. The Balaban J connectivity index is 4.79. The van der Waals surface area contributed by atoms with Crippen LogP contribution < -0.4 is 0 Å². The first kappa shape index (κ1) is 21.8. The van der Waals surface area contributed by atoms with Crippen molar-refractivity contribution in [2.24, 2.45) is 0 Å². The van der Waals surface area contributed by atoms with E-state index in [0.717, 1.165) is 13.8 Å². The van der Waals surface area contributed by atoms with Crippen molar-refractivity contribution in [2.75, 3.05) is 0 Å². The molecule has 3 atom stereocenters. The molecule has 3 unspecified atom stereocenters. The van der Waals surface area contributed by atoms with Crippen LogP contribution in [0.15, 0.2) is 0 Å². The number of esters is 3. The summed E-state index contributed by atoms with van der Waals surface area (Å²) in [6.07, 6.45) is -7.45. The SMILES string of the molecule is CC(=O)OC(CC(=O)OC(CC(=O)OC(C)C(=O)O)C(=O)O)C(=O)O. The van der Waals surface area contributed by atoms with Crippen LogP contribution >= 0.6 is 0 Å². The highest BCUT2D eigenvalue weighted by Gasteiger charge is 2.31. The lowest BCUT2D eigenvalue weighted by Crippen LogP contribution is -2.35. The zero-order valence-electron chi connectivity index (χ0n) is 13.2. The summed E-state index contributed by atoms with van der Waals surface area (Å²) in [5.41, 5.74) is 0. The molecule has 140 valence electrons. The molecule has 0 aromatic carbocycles. The smallest absolute Gasteiger partial charge is 0.345 e. The van der Waals surface area contributed by atoms with Crippen molar-refractivity contribution >= 4 is 35.8 Å². The lowest BCUT2D eigenvalue weighted by molar-refractivity contribution is -0.176. The fourth-order valence-electron chi connectivity index (χ4n) is 1.36. The third kappa shape index (κ3) is 8.88. The van der Waals surface area contributed by atoms with E-state index in [-0.39, 0.29) is 0 Å². The first-order chi connectivity index (χ1) is 11.4. The quantitative estimate of drug-likeness (QED) is 0.310. The Bertz CT molecular complexity index is 565. The van der Waals surface area contributed by atoms with Crippen molar-refractivity contribution in [2.45, 2.75) is 45.0 Å². The fraction of sp³-hybridized carbons (Fsp3) is 0.538. The number of hydrogen-bond acceptors (Lipinski definition) is 9. The molecule has 0 saturated heterocycles. The Labute approximate surface area is 140 Å². The highest BCUT2D eigenvalue weighted by atomic mass is 16.6. The molecule has 12 nitrogen and oxygen atoms in total. The standard InChI is InChI=1S/C13H16O12/c1-5(11(17)18)23-9(15)4-8(13(21)22)25-10(16)3-7(12(19)20)24-6(2)14/h5,7-8H,3-4H2,1-2H3,(H,17,18)(H,19,20)(H,21,22). The maximum absolute atomic E-state index is 11.6. The van der Waals surface area contributed by atoms with Gasteiger partial charge in [0, 0.05) is 6.92 Å². The van der Waals surface area contributed by atoms with E-state index in [9.17, 15) is 28.8 Å². The van der Waals surface area contributed by atoms with E-state index >= 15 is 0 Å². The number of ether oxygens (including phenoxy) is 3. The summed E-state index contributed by atoms with van der Waals surface area (Å²) >= 11 is 0. The molecular weight excluding hydrogens is 348 g/mol. The van der Waals surface area contributed by atoms with Crippen LogP contribution in [-0.4, -0.2) is 69.4 Å². The first-order valence-corrected chi connectivity index (χ1v) is 6.68. The zero-order chi connectivity index (χ0) is 19.7. The van der Waals surface area contributed by atoms with E-state index in [2.05, 4.69) is 14.2 Å². The van der Waals surface area contributed by atoms with E-state index in [4.69, 9.17) is 15.3 Å². The van der Waals surface area contributed by atoms with Crippen LogP contribution in [0.25, 0.3) is 0 Å². The van der Waals surface area contributed by atoms with Crippen molar-refractivity contribution in [1.82, 2.24) is 0 Å². The zero-order valence-corrected chi connectivity index (χ0v) is 13.2. The van der Waals surface area contributed by atoms with Crippen LogP contribution in [-0.2, 0) is 43.0 Å². The van der Waals surface area contributed by atoms with E-state index in [1.807, 2.05) is 0 Å². The van der Waals surface area contributed by atoms with Crippen LogP contribution in [0, 0.1) is 0 Å². The number of carboxylic acids is 3. The molecular formula is C13H16O12. The van der Waals surface area contributed by atoms with Gasteiger partial charge in [-0.1, -0.05) is 0 Å². The van der Waals surface area contributed by atoms with Crippen molar-refractivity contribution in [3.05, 3.63) is 0 Å². The molecule has 0 fully saturated rings. The molecule has 0 rings (SSSR count). The maximum atomic E-state index is 11.6. The van der Waals surface area contributed by atoms with Gasteiger partial charge < -0.3 is 29.5 Å². The Morgan fingerprint density at radius 3 is 1.48 bits per heavy atom. The molecule has 0 radical (unpaired) electrons. The summed E-state index contributed by atoms with van der Waals surface area (Å²) in [6, 6.07) is 0. The fourth-order valence-corrected chi connectivity index (χ4v) is 1.36. The molecule has 0 amide bonds. The predicted molar refractivity (Wildman–Crippen MR) is 73.1 cm³/mol. The molecule has 12 heteroatoms. The van der Waals surface area contributed by atoms with Gasteiger partial charge in [0.2, 0.25) is 12.2 Å². The van der Waals surface area contributed by atoms with Crippen LogP contribution in [0.4, 0.5) is 0 Å². The van der Waals surface area contributed by atoms with Crippen molar-refractivity contribution in [3.8, 4) is 0 Å². The van der Waals surface area contributed by atoms with Gasteiger partial charge in [-0.15, -0.1) is 0 Å². The average Bonchev–Trinajstić information content (AvgIpc) is 2.44. The summed E-state index contributed by atoms with van der Waals surface area (Å²) in [7, 11) is 0. The minimum atomic E-state index is -2.03.